The molecule has 1 aromatic rings. The molecule has 6 heteroatoms. The van der Waals surface area contributed by atoms with Crippen molar-refractivity contribution >= 4 is 46.1 Å². The van der Waals surface area contributed by atoms with E-state index < -0.39 is 5.79 Å². The summed E-state index contributed by atoms with van der Waals surface area (Å²) in [7, 11) is 0. The number of hydrogen-bond donors (Lipinski definition) is 0. The molecule has 3 nitrogen and oxygen atoms in total. The Labute approximate surface area is 147 Å². The SMILES string of the molecule is CC1(C)O[C@@H]2[C@@H](O1)[C@H](Sc1ccc(C#N)cc1)SC[C@@H]2I. The Hall–Kier alpha value is 0.0600. The second-order valence-corrected chi connectivity index (χ2v) is 9.82. The van der Waals surface area contributed by atoms with E-state index in [0.717, 1.165) is 5.75 Å². The first-order valence-electron chi connectivity index (χ1n) is 6.77. The molecule has 1 aromatic carbocycles. The Morgan fingerprint density at radius 1 is 1.29 bits per heavy atom. The van der Waals surface area contributed by atoms with Crippen molar-refractivity contribution in [2.45, 2.75) is 45.2 Å². The van der Waals surface area contributed by atoms with Crippen molar-refractivity contribution in [3.8, 4) is 6.07 Å². The summed E-state index contributed by atoms with van der Waals surface area (Å²) >= 11 is 6.22. The second kappa shape index (κ2) is 6.28. The quantitative estimate of drug-likeness (QED) is 0.520. The van der Waals surface area contributed by atoms with Crippen LogP contribution < -0.4 is 0 Å². The van der Waals surface area contributed by atoms with Crippen LogP contribution in [0, 0.1) is 11.3 Å². The molecule has 0 bridgehead atoms. The molecule has 112 valence electrons. The highest BCUT2D eigenvalue weighted by Crippen LogP contribution is 2.47. The third kappa shape index (κ3) is 3.53. The third-order valence-corrected chi connectivity index (χ3v) is 8.08. The highest BCUT2D eigenvalue weighted by molar-refractivity contribution is 14.1. The van der Waals surface area contributed by atoms with Crippen LogP contribution in [0.3, 0.4) is 0 Å². The number of nitrogens with zero attached hydrogens (tertiary/aromatic N) is 1. The fraction of sp³-hybridized carbons (Fsp3) is 0.533. The van der Waals surface area contributed by atoms with Crippen molar-refractivity contribution in [3.05, 3.63) is 29.8 Å². The second-order valence-electron chi connectivity index (χ2n) is 5.54. The van der Waals surface area contributed by atoms with Crippen molar-refractivity contribution in [2.24, 2.45) is 0 Å². The van der Waals surface area contributed by atoms with Crippen LogP contribution >= 0.6 is 46.1 Å². The molecule has 0 saturated carbocycles. The zero-order chi connectivity index (χ0) is 15.0. The summed E-state index contributed by atoms with van der Waals surface area (Å²) in [6, 6.07) is 9.90. The molecule has 0 aromatic heterocycles. The number of halogens is 1. The molecular weight excluding hydrogens is 417 g/mol. The number of hydrogen-bond acceptors (Lipinski definition) is 5. The van der Waals surface area contributed by atoms with Crippen LogP contribution in [0.4, 0.5) is 0 Å². The number of nitriles is 1. The lowest BCUT2D eigenvalue weighted by Crippen LogP contribution is -2.43. The largest absolute Gasteiger partial charge is 0.343 e. The van der Waals surface area contributed by atoms with E-state index in [1.54, 1.807) is 0 Å². The lowest BCUT2D eigenvalue weighted by Gasteiger charge is -2.33. The van der Waals surface area contributed by atoms with Gasteiger partial charge in [0.25, 0.3) is 0 Å². The fourth-order valence-corrected chi connectivity index (χ4v) is 6.42. The number of fused-ring (bicyclic) bond motifs is 1. The van der Waals surface area contributed by atoms with Crippen LogP contribution in [0.25, 0.3) is 0 Å². The maximum absolute atomic E-state index is 8.86. The Morgan fingerprint density at radius 3 is 2.62 bits per heavy atom. The maximum Gasteiger partial charge on any atom is 0.163 e. The highest BCUT2D eigenvalue weighted by atomic mass is 127. The molecule has 0 unspecified atom stereocenters. The van der Waals surface area contributed by atoms with Gasteiger partial charge in [-0.05, 0) is 38.1 Å². The molecule has 3 rings (SSSR count). The van der Waals surface area contributed by atoms with E-state index in [-0.39, 0.29) is 12.2 Å². The molecule has 0 amide bonds. The van der Waals surface area contributed by atoms with Gasteiger partial charge < -0.3 is 9.47 Å². The Kier molecular flexibility index (Phi) is 4.77. The average Bonchev–Trinajstić information content (AvgIpc) is 2.79. The van der Waals surface area contributed by atoms with E-state index in [9.17, 15) is 0 Å². The van der Waals surface area contributed by atoms with E-state index in [2.05, 4.69) is 28.7 Å². The van der Waals surface area contributed by atoms with E-state index in [0.29, 0.717) is 14.1 Å². The molecule has 0 aliphatic carbocycles. The Morgan fingerprint density at radius 2 is 1.95 bits per heavy atom. The topological polar surface area (TPSA) is 42.2 Å². The molecular formula is C15H16INO2S2. The zero-order valence-electron chi connectivity index (χ0n) is 11.8. The number of alkyl halides is 1. The van der Waals surface area contributed by atoms with Gasteiger partial charge in [-0.1, -0.05) is 22.6 Å². The summed E-state index contributed by atoms with van der Waals surface area (Å²) in [5.41, 5.74) is 0.697. The first kappa shape index (κ1) is 15.9. The van der Waals surface area contributed by atoms with Crippen LogP contribution in [0.5, 0.6) is 0 Å². The molecule has 2 heterocycles. The van der Waals surface area contributed by atoms with Crippen molar-refractivity contribution in [1.82, 2.24) is 0 Å². The normalized spacial score (nSPS) is 34.2. The highest BCUT2D eigenvalue weighted by Gasteiger charge is 2.51. The van der Waals surface area contributed by atoms with Gasteiger partial charge in [-0.2, -0.15) is 5.26 Å². The molecule has 2 fully saturated rings. The van der Waals surface area contributed by atoms with Gasteiger partial charge in [-0.3, -0.25) is 0 Å². The Bertz CT molecular complexity index is 558. The van der Waals surface area contributed by atoms with E-state index >= 15 is 0 Å². The monoisotopic (exact) mass is 433 g/mol. The van der Waals surface area contributed by atoms with Crippen molar-refractivity contribution in [2.75, 3.05) is 5.75 Å². The number of thioether (sulfide) groups is 2. The molecule has 0 radical (unpaired) electrons. The van der Waals surface area contributed by atoms with Gasteiger partial charge in [0.15, 0.2) is 5.79 Å². The van der Waals surface area contributed by atoms with Gasteiger partial charge in [-0.25, -0.2) is 0 Å². The maximum atomic E-state index is 8.86. The summed E-state index contributed by atoms with van der Waals surface area (Å²) in [5, 5.41) is 8.86. The van der Waals surface area contributed by atoms with Crippen LogP contribution in [0.15, 0.2) is 29.2 Å². The minimum Gasteiger partial charge on any atom is -0.343 e. The van der Waals surface area contributed by atoms with Crippen LogP contribution in [0.1, 0.15) is 19.4 Å². The molecule has 2 aliphatic rings. The van der Waals surface area contributed by atoms with E-state index in [4.69, 9.17) is 14.7 Å². The predicted molar refractivity (Wildman–Crippen MR) is 94.9 cm³/mol. The Balaban J connectivity index is 1.74. The van der Waals surface area contributed by atoms with E-state index in [1.807, 2.05) is 61.6 Å². The van der Waals surface area contributed by atoms with Gasteiger partial charge in [0.1, 0.15) is 12.2 Å². The van der Waals surface area contributed by atoms with Crippen LogP contribution in [-0.2, 0) is 9.47 Å². The first-order valence-corrected chi connectivity index (χ1v) is 9.94. The smallest absolute Gasteiger partial charge is 0.163 e. The minimum atomic E-state index is -0.493. The van der Waals surface area contributed by atoms with Crippen LogP contribution in [0.2, 0.25) is 0 Å². The molecule has 4 atom stereocenters. The van der Waals surface area contributed by atoms with Crippen molar-refractivity contribution < 1.29 is 9.47 Å². The molecule has 0 N–H and O–H groups in total. The number of ether oxygens (including phenoxy) is 2. The number of benzene rings is 1. The van der Waals surface area contributed by atoms with Gasteiger partial charge in [0.05, 0.1) is 16.2 Å². The minimum absolute atomic E-state index is 0.112. The summed E-state index contributed by atoms with van der Waals surface area (Å²) in [6.07, 6.45) is 0.277. The summed E-state index contributed by atoms with van der Waals surface area (Å²) in [5.74, 6) is 0.586. The van der Waals surface area contributed by atoms with Gasteiger partial charge in [0.2, 0.25) is 0 Å². The van der Waals surface area contributed by atoms with Gasteiger partial charge >= 0.3 is 0 Å². The molecule has 0 spiro atoms. The lowest BCUT2D eigenvalue weighted by molar-refractivity contribution is -0.144. The van der Waals surface area contributed by atoms with Crippen LogP contribution in [-0.4, -0.2) is 32.3 Å². The summed E-state index contributed by atoms with van der Waals surface area (Å²) in [4.78, 5) is 1.17. The zero-order valence-corrected chi connectivity index (χ0v) is 15.6. The standard InChI is InChI=1S/C15H16INO2S2/c1-15(2)18-12-11(16)8-20-14(13(12)19-15)21-10-5-3-9(7-17)4-6-10/h3-6,11-14H,8H2,1-2H3/t11-,12-,13+,14-/m0/s1. The predicted octanol–water partition coefficient (Wildman–Crippen LogP) is 4.05. The van der Waals surface area contributed by atoms with E-state index in [1.165, 1.54) is 4.90 Å². The number of rotatable bonds is 2. The van der Waals surface area contributed by atoms with Crippen molar-refractivity contribution in [3.63, 3.8) is 0 Å². The van der Waals surface area contributed by atoms with Gasteiger partial charge in [-0.15, -0.1) is 23.5 Å². The average molecular weight is 433 g/mol. The van der Waals surface area contributed by atoms with Gasteiger partial charge in [0, 0.05) is 14.6 Å². The summed E-state index contributed by atoms with van der Waals surface area (Å²) < 4.78 is 13.0. The third-order valence-electron chi connectivity index (χ3n) is 3.44. The molecule has 2 saturated heterocycles. The first-order chi connectivity index (χ1) is 9.98. The summed E-state index contributed by atoms with van der Waals surface area (Å²) in [6.45, 7) is 3.98. The molecule has 21 heavy (non-hydrogen) atoms. The molecule has 2 aliphatic heterocycles. The lowest BCUT2D eigenvalue weighted by atomic mass is 10.2. The van der Waals surface area contributed by atoms with Crippen molar-refractivity contribution in [1.29, 1.82) is 5.26 Å². The fourth-order valence-electron chi connectivity index (χ4n) is 2.53.